The van der Waals surface area contributed by atoms with Crippen LogP contribution in [0.15, 0.2) is 18.2 Å². The summed E-state index contributed by atoms with van der Waals surface area (Å²) >= 11 is 0. The molecule has 2 N–H and O–H groups in total. The number of nitrogens with two attached hydrogens (primary N) is 1. The Morgan fingerprint density at radius 3 is 2.44 bits per heavy atom. The van der Waals surface area contributed by atoms with E-state index in [1.165, 1.54) is 6.07 Å². The smallest absolute Gasteiger partial charge is 0.159 e. The van der Waals surface area contributed by atoms with Crippen molar-refractivity contribution in [1.29, 1.82) is 0 Å². The van der Waals surface area contributed by atoms with E-state index in [2.05, 4.69) is 0 Å². The summed E-state index contributed by atoms with van der Waals surface area (Å²) in [5.74, 6) is -1.74. The Morgan fingerprint density at radius 2 is 1.94 bits per heavy atom. The second kappa shape index (κ2) is 5.92. The van der Waals surface area contributed by atoms with Gasteiger partial charge in [0, 0.05) is 6.61 Å². The van der Waals surface area contributed by atoms with Crippen LogP contribution in [0.2, 0.25) is 0 Å². The molecule has 90 valence electrons. The van der Waals surface area contributed by atoms with Gasteiger partial charge in [-0.25, -0.2) is 8.78 Å². The lowest BCUT2D eigenvalue weighted by molar-refractivity contribution is 0.0413. The molecule has 0 amide bonds. The second-order valence-corrected chi connectivity index (χ2v) is 3.60. The Kier molecular flexibility index (Phi) is 4.83. The minimum atomic E-state index is -0.876. The van der Waals surface area contributed by atoms with E-state index in [1.54, 1.807) is 0 Å². The SMILES string of the molecule is CCOC(CC)C(N)c1ccc(F)c(F)c1. The Bertz CT molecular complexity index is 344. The van der Waals surface area contributed by atoms with Gasteiger partial charge in [-0.2, -0.15) is 0 Å². The van der Waals surface area contributed by atoms with Gasteiger partial charge in [-0.3, -0.25) is 0 Å². The van der Waals surface area contributed by atoms with Crippen LogP contribution in [0, 0.1) is 11.6 Å². The molecule has 0 aliphatic rings. The van der Waals surface area contributed by atoms with Gasteiger partial charge in [0.05, 0.1) is 12.1 Å². The molecule has 0 aliphatic heterocycles. The third kappa shape index (κ3) is 3.00. The zero-order valence-electron chi connectivity index (χ0n) is 9.54. The lowest BCUT2D eigenvalue weighted by atomic mass is 10.0. The fourth-order valence-electron chi connectivity index (χ4n) is 1.62. The van der Waals surface area contributed by atoms with Crippen molar-refractivity contribution in [3.8, 4) is 0 Å². The van der Waals surface area contributed by atoms with E-state index in [4.69, 9.17) is 10.5 Å². The maximum atomic E-state index is 13.0. The lowest BCUT2D eigenvalue weighted by Gasteiger charge is -2.22. The van der Waals surface area contributed by atoms with Crippen LogP contribution in [-0.2, 0) is 4.74 Å². The van der Waals surface area contributed by atoms with E-state index in [0.29, 0.717) is 12.2 Å². The van der Waals surface area contributed by atoms with Gasteiger partial charge in [0.25, 0.3) is 0 Å². The molecule has 1 rings (SSSR count). The maximum Gasteiger partial charge on any atom is 0.159 e. The maximum absolute atomic E-state index is 13.0. The summed E-state index contributed by atoms with van der Waals surface area (Å²) in [4.78, 5) is 0. The molecule has 0 fully saturated rings. The van der Waals surface area contributed by atoms with Crippen LogP contribution in [0.3, 0.4) is 0 Å². The summed E-state index contributed by atoms with van der Waals surface area (Å²) in [7, 11) is 0. The molecule has 0 saturated carbocycles. The molecule has 0 saturated heterocycles. The van der Waals surface area contributed by atoms with Gasteiger partial charge >= 0.3 is 0 Å². The van der Waals surface area contributed by atoms with Crippen LogP contribution in [0.5, 0.6) is 0 Å². The number of hydrogen-bond donors (Lipinski definition) is 1. The van der Waals surface area contributed by atoms with Crippen LogP contribution in [0.25, 0.3) is 0 Å². The summed E-state index contributed by atoms with van der Waals surface area (Å²) in [5.41, 5.74) is 6.50. The van der Waals surface area contributed by atoms with E-state index in [1.807, 2.05) is 13.8 Å². The highest BCUT2D eigenvalue weighted by atomic mass is 19.2. The molecular weight excluding hydrogens is 212 g/mol. The van der Waals surface area contributed by atoms with E-state index >= 15 is 0 Å². The zero-order valence-corrected chi connectivity index (χ0v) is 9.54. The molecule has 0 radical (unpaired) electrons. The topological polar surface area (TPSA) is 35.2 Å². The molecule has 0 spiro atoms. The molecule has 1 aromatic rings. The lowest BCUT2D eigenvalue weighted by Crippen LogP contribution is -2.28. The van der Waals surface area contributed by atoms with Crippen molar-refractivity contribution in [3.63, 3.8) is 0 Å². The van der Waals surface area contributed by atoms with Crippen molar-refractivity contribution < 1.29 is 13.5 Å². The summed E-state index contributed by atoms with van der Waals surface area (Å²) in [6, 6.07) is 3.27. The molecule has 0 bridgehead atoms. The molecule has 2 nitrogen and oxygen atoms in total. The number of hydrogen-bond acceptors (Lipinski definition) is 2. The molecule has 16 heavy (non-hydrogen) atoms. The van der Waals surface area contributed by atoms with Gasteiger partial charge in [0.1, 0.15) is 0 Å². The fourth-order valence-corrected chi connectivity index (χ4v) is 1.62. The summed E-state index contributed by atoms with van der Waals surface area (Å²) in [6.45, 7) is 4.37. The predicted octanol–water partition coefficient (Wildman–Crippen LogP) is 2.78. The van der Waals surface area contributed by atoms with Crippen LogP contribution in [0.1, 0.15) is 31.9 Å². The first-order valence-corrected chi connectivity index (χ1v) is 5.42. The zero-order chi connectivity index (χ0) is 12.1. The highest BCUT2D eigenvalue weighted by molar-refractivity contribution is 5.22. The number of rotatable bonds is 5. The minimum Gasteiger partial charge on any atom is -0.377 e. The number of benzene rings is 1. The standard InChI is InChI=1S/C12H17F2NO/c1-3-11(16-4-2)12(15)8-5-6-9(13)10(14)7-8/h5-7,11-12H,3-4,15H2,1-2H3. The molecular formula is C12H17F2NO. The van der Waals surface area contributed by atoms with Gasteiger partial charge in [-0.15, -0.1) is 0 Å². The van der Waals surface area contributed by atoms with Gasteiger partial charge in [0.2, 0.25) is 0 Å². The Morgan fingerprint density at radius 1 is 1.25 bits per heavy atom. The van der Waals surface area contributed by atoms with Crippen molar-refractivity contribution in [2.75, 3.05) is 6.61 Å². The van der Waals surface area contributed by atoms with Gasteiger partial charge in [0.15, 0.2) is 11.6 Å². The first-order valence-electron chi connectivity index (χ1n) is 5.42. The molecule has 2 atom stereocenters. The largest absolute Gasteiger partial charge is 0.377 e. The first-order chi connectivity index (χ1) is 7.60. The monoisotopic (exact) mass is 229 g/mol. The molecule has 0 aliphatic carbocycles. The predicted molar refractivity (Wildman–Crippen MR) is 59.0 cm³/mol. The third-order valence-electron chi connectivity index (χ3n) is 2.51. The summed E-state index contributed by atoms with van der Waals surface area (Å²) < 4.78 is 31.2. The van der Waals surface area contributed by atoms with E-state index in [9.17, 15) is 8.78 Å². The van der Waals surface area contributed by atoms with E-state index < -0.39 is 17.7 Å². The van der Waals surface area contributed by atoms with Crippen LogP contribution < -0.4 is 5.73 Å². The van der Waals surface area contributed by atoms with Crippen molar-refractivity contribution in [2.45, 2.75) is 32.4 Å². The normalized spacial score (nSPS) is 14.8. The van der Waals surface area contributed by atoms with Gasteiger partial charge < -0.3 is 10.5 Å². The third-order valence-corrected chi connectivity index (χ3v) is 2.51. The van der Waals surface area contributed by atoms with Crippen molar-refractivity contribution in [3.05, 3.63) is 35.4 Å². The van der Waals surface area contributed by atoms with Gasteiger partial charge in [-0.1, -0.05) is 13.0 Å². The number of ether oxygens (including phenoxy) is 1. The average Bonchev–Trinajstić information content (AvgIpc) is 2.28. The van der Waals surface area contributed by atoms with Crippen LogP contribution in [0.4, 0.5) is 8.78 Å². The Hall–Kier alpha value is -1.00. The fraction of sp³-hybridized carbons (Fsp3) is 0.500. The van der Waals surface area contributed by atoms with Crippen molar-refractivity contribution >= 4 is 0 Å². The second-order valence-electron chi connectivity index (χ2n) is 3.60. The quantitative estimate of drug-likeness (QED) is 0.842. The van der Waals surface area contributed by atoms with Gasteiger partial charge in [-0.05, 0) is 31.0 Å². The van der Waals surface area contributed by atoms with Crippen LogP contribution >= 0.6 is 0 Å². The van der Waals surface area contributed by atoms with E-state index in [0.717, 1.165) is 18.6 Å². The molecule has 0 heterocycles. The highest BCUT2D eigenvalue weighted by Gasteiger charge is 2.19. The summed E-state index contributed by atoms with van der Waals surface area (Å²) in [6.07, 6.45) is 0.559. The molecule has 1 aromatic carbocycles. The molecule has 2 unspecified atom stereocenters. The Balaban J connectivity index is 2.85. The average molecular weight is 229 g/mol. The highest BCUT2D eigenvalue weighted by Crippen LogP contribution is 2.21. The van der Waals surface area contributed by atoms with Crippen molar-refractivity contribution in [1.82, 2.24) is 0 Å². The molecule has 0 aromatic heterocycles. The first kappa shape index (κ1) is 13.1. The summed E-state index contributed by atoms with van der Waals surface area (Å²) in [5, 5.41) is 0. The number of halogens is 2. The molecule has 4 heteroatoms. The Labute approximate surface area is 94.4 Å². The minimum absolute atomic E-state index is 0.171. The van der Waals surface area contributed by atoms with Crippen molar-refractivity contribution in [2.24, 2.45) is 5.73 Å². The van der Waals surface area contributed by atoms with E-state index in [-0.39, 0.29) is 6.10 Å². The van der Waals surface area contributed by atoms with Crippen LogP contribution in [-0.4, -0.2) is 12.7 Å².